The van der Waals surface area contributed by atoms with Crippen molar-refractivity contribution in [3.63, 3.8) is 0 Å². The van der Waals surface area contributed by atoms with Crippen LogP contribution >= 0.6 is 0 Å². The van der Waals surface area contributed by atoms with E-state index in [0.717, 1.165) is 29.7 Å². The predicted molar refractivity (Wildman–Crippen MR) is 87.7 cm³/mol. The normalized spacial score (nSPS) is 21.0. The third kappa shape index (κ3) is 2.35. The predicted octanol–water partition coefficient (Wildman–Crippen LogP) is 3.13. The Balaban J connectivity index is 1.58. The van der Waals surface area contributed by atoms with Gasteiger partial charge in [0, 0.05) is 17.8 Å². The lowest BCUT2D eigenvalue weighted by molar-refractivity contribution is 0.282. The highest BCUT2D eigenvalue weighted by Gasteiger charge is 2.23. The van der Waals surface area contributed by atoms with Crippen molar-refractivity contribution in [1.82, 2.24) is 0 Å². The summed E-state index contributed by atoms with van der Waals surface area (Å²) in [5.74, 6) is 0. The summed E-state index contributed by atoms with van der Waals surface area (Å²) >= 11 is 0. The number of aliphatic imine (C=N–C) groups is 1. The van der Waals surface area contributed by atoms with E-state index >= 15 is 0 Å². The van der Waals surface area contributed by atoms with E-state index in [-0.39, 0.29) is 6.04 Å². The molecule has 1 heterocycles. The number of anilines is 1. The molecule has 3 N–H and O–H groups in total. The van der Waals surface area contributed by atoms with Crippen molar-refractivity contribution in [3.05, 3.63) is 64.7 Å². The fraction of sp³-hybridized carbons (Fsp3) is 0.278. The molecular formula is C18H19N3O. The first kappa shape index (κ1) is 13.3. The molecule has 2 aliphatic rings. The van der Waals surface area contributed by atoms with Gasteiger partial charge in [0.15, 0.2) is 0 Å². The Labute approximate surface area is 130 Å². The van der Waals surface area contributed by atoms with Gasteiger partial charge in [0.2, 0.25) is 0 Å². The molecule has 0 amide bonds. The summed E-state index contributed by atoms with van der Waals surface area (Å²) in [7, 11) is 0. The Hall–Kier alpha value is -2.33. The summed E-state index contributed by atoms with van der Waals surface area (Å²) in [4.78, 5) is 4.78. The highest BCUT2D eigenvalue weighted by Crippen LogP contribution is 2.34. The van der Waals surface area contributed by atoms with Crippen LogP contribution in [0.3, 0.4) is 0 Å². The molecular weight excluding hydrogens is 274 g/mol. The number of fused-ring (bicyclic) bond motifs is 2. The minimum absolute atomic E-state index is 0.198. The summed E-state index contributed by atoms with van der Waals surface area (Å²) in [6, 6.07) is 15.5. The summed E-state index contributed by atoms with van der Waals surface area (Å²) in [6.07, 6.45) is 2.14. The molecule has 0 spiro atoms. The van der Waals surface area contributed by atoms with Crippen molar-refractivity contribution in [2.45, 2.75) is 32.0 Å². The van der Waals surface area contributed by atoms with Crippen LogP contribution in [0.2, 0.25) is 0 Å². The number of rotatable bonds is 2. The second-order valence-electron chi connectivity index (χ2n) is 5.80. The van der Waals surface area contributed by atoms with Crippen LogP contribution in [0.1, 0.15) is 34.7 Å². The van der Waals surface area contributed by atoms with Gasteiger partial charge in [-0.05, 0) is 41.7 Å². The number of amidine groups is 1. The number of nitrogens with one attached hydrogen (secondary N) is 1. The van der Waals surface area contributed by atoms with Gasteiger partial charge in [-0.2, -0.15) is 0 Å². The summed E-state index contributed by atoms with van der Waals surface area (Å²) in [5, 5.41) is 3.29. The van der Waals surface area contributed by atoms with Crippen molar-refractivity contribution in [3.8, 4) is 0 Å². The maximum Gasteiger partial charge on any atom is 0.290 e. The molecule has 0 aromatic heterocycles. The molecule has 4 nitrogen and oxygen atoms in total. The Morgan fingerprint density at radius 2 is 2.09 bits per heavy atom. The number of ether oxygens (including phenoxy) is 1. The van der Waals surface area contributed by atoms with E-state index in [1.165, 1.54) is 11.1 Å². The van der Waals surface area contributed by atoms with Gasteiger partial charge in [-0.15, -0.1) is 0 Å². The number of hydrogen-bond acceptors (Lipinski definition) is 3. The van der Waals surface area contributed by atoms with Crippen molar-refractivity contribution in [2.75, 3.05) is 5.32 Å². The van der Waals surface area contributed by atoms with E-state index in [0.29, 0.717) is 19.2 Å². The summed E-state index contributed by atoms with van der Waals surface area (Å²) in [5.41, 5.74) is 11.7. The van der Waals surface area contributed by atoms with E-state index in [9.17, 15) is 0 Å². The van der Waals surface area contributed by atoms with Crippen LogP contribution in [-0.2, 0) is 24.3 Å². The fourth-order valence-corrected chi connectivity index (χ4v) is 3.19. The highest BCUT2D eigenvalue weighted by atomic mass is 16.5. The van der Waals surface area contributed by atoms with Crippen molar-refractivity contribution in [1.29, 1.82) is 0 Å². The van der Waals surface area contributed by atoms with Crippen LogP contribution in [0.4, 0.5) is 5.69 Å². The largest absolute Gasteiger partial charge is 0.460 e. The number of hydrogen-bond donors (Lipinski definition) is 2. The molecule has 1 aliphatic carbocycles. The van der Waals surface area contributed by atoms with E-state index in [4.69, 9.17) is 15.5 Å². The van der Waals surface area contributed by atoms with Gasteiger partial charge < -0.3 is 15.8 Å². The van der Waals surface area contributed by atoms with Gasteiger partial charge in [-0.3, -0.25) is 0 Å². The van der Waals surface area contributed by atoms with Crippen LogP contribution < -0.4 is 11.1 Å². The van der Waals surface area contributed by atoms with E-state index in [2.05, 4.69) is 41.7 Å². The van der Waals surface area contributed by atoms with Crippen molar-refractivity contribution >= 4 is 11.7 Å². The lowest BCUT2D eigenvalue weighted by Gasteiger charge is -2.22. The zero-order valence-corrected chi connectivity index (χ0v) is 12.4. The van der Waals surface area contributed by atoms with E-state index in [1.54, 1.807) is 0 Å². The maximum absolute atomic E-state index is 5.78. The minimum atomic E-state index is 0.198. The smallest absolute Gasteiger partial charge is 0.290 e. The molecule has 112 valence electrons. The van der Waals surface area contributed by atoms with Crippen LogP contribution in [-0.4, -0.2) is 6.02 Å². The van der Waals surface area contributed by atoms with E-state index < -0.39 is 0 Å². The van der Waals surface area contributed by atoms with Gasteiger partial charge in [0.25, 0.3) is 6.02 Å². The first-order valence-corrected chi connectivity index (χ1v) is 7.71. The van der Waals surface area contributed by atoms with E-state index in [1.807, 2.05) is 6.07 Å². The van der Waals surface area contributed by atoms with Crippen molar-refractivity contribution in [2.24, 2.45) is 10.7 Å². The third-order valence-electron chi connectivity index (χ3n) is 4.39. The summed E-state index contributed by atoms with van der Waals surface area (Å²) < 4.78 is 5.78. The van der Waals surface area contributed by atoms with Crippen LogP contribution in [0, 0.1) is 0 Å². The SMILES string of the molecule is NCc1ccc2c(c1)COC(=N[C@@H]1CCc3ccccc31)N2. The molecule has 22 heavy (non-hydrogen) atoms. The Morgan fingerprint density at radius 3 is 3.00 bits per heavy atom. The monoisotopic (exact) mass is 293 g/mol. The molecule has 0 radical (unpaired) electrons. The van der Waals surface area contributed by atoms with Crippen molar-refractivity contribution < 1.29 is 4.74 Å². The lowest BCUT2D eigenvalue weighted by Crippen LogP contribution is -2.23. The summed E-state index contributed by atoms with van der Waals surface area (Å²) in [6.45, 7) is 1.09. The van der Waals surface area contributed by atoms with Crippen LogP contribution in [0.15, 0.2) is 47.5 Å². The lowest BCUT2D eigenvalue weighted by atomic mass is 10.1. The molecule has 0 fully saturated rings. The zero-order valence-electron chi connectivity index (χ0n) is 12.4. The highest BCUT2D eigenvalue weighted by molar-refractivity contribution is 5.91. The van der Waals surface area contributed by atoms with Crippen LogP contribution in [0.25, 0.3) is 0 Å². The zero-order chi connectivity index (χ0) is 14.9. The molecule has 2 aromatic rings. The Kier molecular flexibility index (Phi) is 3.31. The Morgan fingerprint density at radius 1 is 1.18 bits per heavy atom. The minimum Gasteiger partial charge on any atom is -0.460 e. The first-order chi connectivity index (χ1) is 10.8. The maximum atomic E-state index is 5.78. The molecule has 0 saturated heterocycles. The van der Waals surface area contributed by atoms with Gasteiger partial charge in [0.05, 0.1) is 6.04 Å². The molecule has 1 aliphatic heterocycles. The molecule has 0 bridgehead atoms. The first-order valence-electron chi connectivity index (χ1n) is 7.71. The number of nitrogens with two attached hydrogens (primary N) is 1. The fourth-order valence-electron chi connectivity index (χ4n) is 3.19. The quantitative estimate of drug-likeness (QED) is 0.894. The second kappa shape index (κ2) is 5.46. The van der Waals surface area contributed by atoms with Gasteiger partial charge in [0.1, 0.15) is 6.61 Å². The third-order valence-corrected chi connectivity index (χ3v) is 4.39. The molecule has 1 atom stereocenters. The molecule has 4 rings (SSSR count). The standard InChI is InChI=1S/C18H19N3O/c19-10-12-5-7-16-14(9-12)11-22-18(20-16)21-17-8-6-13-3-1-2-4-15(13)17/h1-5,7,9,17H,6,8,10-11,19H2,(H,20,21)/t17-/m1/s1. The molecule has 2 aromatic carbocycles. The van der Waals surface area contributed by atoms with Crippen LogP contribution in [0.5, 0.6) is 0 Å². The average Bonchev–Trinajstić information content (AvgIpc) is 2.97. The topological polar surface area (TPSA) is 59.6 Å². The molecule has 0 unspecified atom stereocenters. The molecule has 0 saturated carbocycles. The molecule has 4 heteroatoms. The number of aryl methyl sites for hydroxylation is 1. The average molecular weight is 293 g/mol. The van der Waals surface area contributed by atoms with Gasteiger partial charge in [-0.1, -0.05) is 30.3 Å². The Bertz CT molecular complexity index is 739. The number of nitrogens with zero attached hydrogens (tertiary/aromatic N) is 1. The van der Waals surface area contributed by atoms with Gasteiger partial charge >= 0.3 is 0 Å². The van der Waals surface area contributed by atoms with Gasteiger partial charge in [-0.25, -0.2) is 4.99 Å². The number of benzene rings is 2. The second-order valence-corrected chi connectivity index (χ2v) is 5.80.